The molecule has 0 heterocycles. The smallest absolute Gasteiger partial charge is 0.116 e. The van der Waals surface area contributed by atoms with Gasteiger partial charge < -0.3 is 5.11 Å². The normalized spacial score (nSPS) is 23.3. The highest BCUT2D eigenvalue weighted by atomic mass is 16.3. The number of aromatic hydroxyl groups is 1. The third-order valence-electron chi connectivity index (χ3n) is 6.42. The van der Waals surface area contributed by atoms with Gasteiger partial charge in [0.05, 0.1) is 0 Å². The SMILES string of the molecule is C=C(C)CC1=C(c2cc(O)cc(-c3ccccc3)c2)C2CC2C2=C(CC2)C1. The Morgan fingerprint density at radius 2 is 1.78 bits per heavy atom. The number of hydrogen-bond acceptors (Lipinski definition) is 1. The summed E-state index contributed by atoms with van der Waals surface area (Å²) >= 11 is 0. The van der Waals surface area contributed by atoms with Crippen LogP contribution in [0.2, 0.25) is 0 Å². The van der Waals surface area contributed by atoms with Gasteiger partial charge in [-0.05, 0) is 91.3 Å². The van der Waals surface area contributed by atoms with E-state index in [9.17, 15) is 5.11 Å². The van der Waals surface area contributed by atoms with Gasteiger partial charge in [0, 0.05) is 0 Å². The van der Waals surface area contributed by atoms with E-state index in [-0.39, 0.29) is 0 Å². The molecule has 2 unspecified atom stereocenters. The van der Waals surface area contributed by atoms with Crippen molar-refractivity contribution in [2.24, 2.45) is 11.8 Å². The van der Waals surface area contributed by atoms with Crippen LogP contribution in [0.15, 0.2) is 77.4 Å². The summed E-state index contributed by atoms with van der Waals surface area (Å²) in [5.41, 5.74) is 11.1. The molecule has 2 aromatic carbocycles. The maximum absolute atomic E-state index is 10.5. The van der Waals surface area contributed by atoms with Crippen molar-refractivity contribution in [2.45, 2.75) is 39.0 Å². The molecule has 0 amide bonds. The van der Waals surface area contributed by atoms with Gasteiger partial charge >= 0.3 is 0 Å². The molecule has 0 radical (unpaired) electrons. The molecule has 0 bridgehead atoms. The van der Waals surface area contributed by atoms with E-state index in [0.29, 0.717) is 11.7 Å². The monoisotopic (exact) mass is 354 g/mol. The van der Waals surface area contributed by atoms with Crippen LogP contribution in [-0.4, -0.2) is 5.11 Å². The average Bonchev–Trinajstić information content (AvgIpc) is 3.38. The third-order valence-corrected chi connectivity index (χ3v) is 6.42. The molecule has 1 N–H and O–H groups in total. The summed E-state index contributed by atoms with van der Waals surface area (Å²) in [7, 11) is 0. The molecule has 0 spiro atoms. The first kappa shape index (κ1) is 16.6. The Bertz CT molecular complexity index is 990. The van der Waals surface area contributed by atoms with Crippen LogP contribution in [0, 0.1) is 11.8 Å². The quantitative estimate of drug-likeness (QED) is 0.591. The van der Waals surface area contributed by atoms with Crippen molar-refractivity contribution >= 4 is 5.57 Å². The highest BCUT2D eigenvalue weighted by Crippen LogP contribution is 2.61. The zero-order valence-electron chi connectivity index (χ0n) is 16.0. The second-order valence-electron chi connectivity index (χ2n) is 8.54. The van der Waals surface area contributed by atoms with E-state index in [1.807, 2.05) is 18.2 Å². The molecule has 2 atom stereocenters. The van der Waals surface area contributed by atoms with E-state index in [1.54, 1.807) is 11.1 Å². The number of allylic oxidation sites excluding steroid dienone is 5. The van der Waals surface area contributed by atoms with Crippen LogP contribution in [0.25, 0.3) is 16.7 Å². The van der Waals surface area contributed by atoms with Crippen molar-refractivity contribution in [1.29, 1.82) is 0 Å². The molecular formula is C26H26O. The maximum atomic E-state index is 10.5. The average molecular weight is 354 g/mol. The fourth-order valence-corrected chi connectivity index (χ4v) is 5.11. The molecule has 1 saturated carbocycles. The fourth-order valence-electron chi connectivity index (χ4n) is 5.11. The van der Waals surface area contributed by atoms with Crippen molar-refractivity contribution < 1.29 is 5.11 Å². The van der Waals surface area contributed by atoms with Gasteiger partial charge in [-0.15, -0.1) is 0 Å². The topological polar surface area (TPSA) is 20.2 Å². The highest BCUT2D eigenvalue weighted by Gasteiger charge is 2.48. The summed E-state index contributed by atoms with van der Waals surface area (Å²) in [5.74, 6) is 1.75. The Morgan fingerprint density at radius 3 is 2.48 bits per heavy atom. The predicted molar refractivity (Wildman–Crippen MR) is 112 cm³/mol. The summed E-state index contributed by atoms with van der Waals surface area (Å²) in [6, 6.07) is 16.5. The predicted octanol–water partition coefficient (Wildman–Crippen LogP) is 6.91. The lowest BCUT2D eigenvalue weighted by Gasteiger charge is -2.24. The minimum Gasteiger partial charge on any atom is -0.508 e. The molecule has 0 saturated heterocycles. The van der Waals surface area contributed by atoms with Crippen LogP contribution >= 0.6 is 0 Å². The Morgan fingerprint density at radius 1 is 1.00 bits per heavy atom. The summed E-state index contributed by atoms with van der Waals surface area (Å²) in [6.07, 6.45) is 5.96. The van der Waals surface area contributed by atoms with Crippen molar-refractivity contribution in [1.82, 2.24) is 0 Å². The van der Waals surface area contributed by atoms with Crippen molar-refractivity contribution in [2.75, 3.05) is 0 Å². The first-order valence-electron chi connectivity index (χ1n) is 10.1. The fraction of sp³-hybridized carbons (Fsp3) is 0.308. The highest BCUT2D eigenvalue weighted by molar-refractivity contribution is 5.80. The van der Waals surface area contributed by atoms with E-state index in [1.165, 1.54) is 41.5 Å². The van der Waals surface area contributed by atoms with Crippen LogP contribution in [-0.2, 0) is 0 Å². The lowest BCUT2D eigenvalue weighted by Crippen LogP contribution is -2.06. The lowest BCUT2D eigenvalue weighted by molar-refractivity contribution is 0.475. The molecule has 2 aromatic rings. The minimum atomic E-state index is 0.359. The molecule has 1 fully saturated rings. The van der Waals surface area contributed by atoms with Crippen molar-refractivity contribution in [3.05, 3.63) is 83.0 Å². The van der Waals surface area contributed by atoms with Crippen LogP contribution in [0.4, 0.5) is 0 Å². The number of rotatable bonds is 4. The van der Waals surface area contributed by atoms with Crippen LogP contribution < -0.4 is 0 Å². The van der Waals surface area contributed by atoms with Crippen LogP contribution in [0.5, 0.6) is 5.75 Å². The third kappa shape index (κ3) is 2.96. The Balaban J connectivity index is 1.63. The van der Waals surface area contributed by atoms with Crippen LogP contribution in [0.3, 0.4) is 0 Å². The Labute approximate surface area is 161 Å². The second kappa shape index (κ2) is 6.27. The summed E-state index contributed by atoms with van der Waals surface area (Å²) in [5, 5.41) is 10.5. The van der Waals surface area contributed by atoms with Crippen molar-refractivity contribution in [3.8, 4) is 16.9 Å². The zero-order chi connectivity index (χ0) is 18.5. The number of hydrogen-bond donors (Lipinski definition) is 1. The molecule has 5 rings (SSSR count). The first-order chi connectivity index (χ1) is 13.1. The summed E-state index contributed by atoms with van der Waals surface area (Å²) in [4.78, 5) is 0. The molecular weight excluding hydrogens is 328 g/mol. The number of phenols is 1. The van der Waals surface area contributed by atoms with E-state index in [0.717, 1.165) is 29.9 Å². The second-order valence-corrected chi connectivity index (χ2v) is 8.54. The van der Waals surface area contributed by atoms with Gasteiger partial charge in [-0.2, -0.15) is 0 Å². The standard InChI is InChI=1S/C26H26O/c1-16(2)10-20-11-18-8-9-23(18)24-15-25(24)26(20)21-12-19(13-22(27)14-21)17-6-4-3-5-7-17/h3-7,12-14,24-25,27H,1,8-11,15H2,2H3. The molecule has 3 aliphatic rings. The largest absolute Gasteiger partial charge is 0.508 e. The van der Waals surface area contributed by atoms with E-state index in [2.05, 4.69) is 43.8 Å². The van der Waals surface area contributed by atoms with Gasteiger partial charge in [-0.25, -0.2) is 0 Å². The van der Waals surface area contributed by atoms with Gasteiger partial charge in [0.25, 0.3) is 0 Å². The molecule has 27 heavy (non-hydrogen) atoms. The van der Waals surface area contributed by atoms with Gasteiger partial charge in [0.1, 0.15) is 5.75 Å². The van der Waals surface area contributed by atoms with Gasteiger partial charge in [0.15, 0.2) is 0 Å². The minimum absolute atomic E-state index is 0.359. The molecule has 3 aliphatic carbocycles. The van der Waals surface area contributed by atoms with E-state index < -0.39 is 0 Å². The van der Waals surface area contributed by atoms with Crippen molar-refractivity contribution in [3.63, 3.8) is 0 Å². The summed E-state index contributed by atoms with van der Waals surface area (Å²) < 4.78 is 0. The summed E-state index contributed by atoms with van der Waals surface area (Å²) in [6.45, 7) is 6.32. The van der Waals surface area contributed by atoms with Crippen LogP contribution in [0.1, 0.15) is 44.6 Å². The van der Waals surface area contributed by atoms with E-state index >= 15 is 0 Å². The molecule has 136 valence electrons. The maximum Gasteiger partial charge on any atom is 0.116 e. The lowest BCUT2D eigenvalue weighted by atomic mass is 9.81. The molecule has 0 aliphatic heterocycles. The number of benzene rings is 2. The van der Waals surface area contributed by atoms with Gasteiger partial charge in [-0.1, -0.05) is 59.2 Å². The molecule has 1 nitrogen and oxygen atoms in total. The zero-order valence-corrected chi connectivity index (χ0v) is 16.0. The number of phenolic OH excluding ortho intramolecular Hbond substituents is 1. The van der Waals surface area contributed by atoms with Gasteiger partial charge in [0.2, 0.25) is 0 Å². The number of fused-ring (bicyclic) bond motifs is 2. The van der Waals surface area contributed by atoms with Gasteiger partial charge in [-0.3, -0.25) is 0 Å². The molecule has 1 heteroatoms. The van der Waals surface area contributed by atoms with E-state index in [4.69, 9.17) is 0 Å². The first-order valence-corrected chi connectivity index (χ1v) is 10.1. The Kier molecular flexibility index (Phi) is 3.86. The molecule has 0 aromatic heterocycles. The Hall–Kier alpha value is -2.54.